The molecule has 2 aromatic carbocycles. The number of methoxy groups -OCH3 is 1. The van der Waals surface area contributed by atoms with Gasteiger partial charge in [-0.2, -0.15) is 0 Å². The maximum atomic E-state index is 5.77. The molecule has 1 saturated heterocycles. The second kappa shape index (κ2) is 9.46. The minimum Gasteiger partial charge on any atom is -0.497 e. The molecule has 2 aromatic rings. The molecule has 0 spiro atoms. The maximum absolute atomic E-state index is 5.77. The lowest BCUT2D eigenvalue weighted by atomic mass is 10.2. The summed E-state index contributed by atoms with van der Waals surface area (Å²) in [4.78, 5) is 4.60. The van der Waals surface area contributed by atoms with Crippen molar-refractivity contribution in [1.82, 2.24) is 10.2 Å². The van der Waals surface area contributed by atoms with Crippen molar-refractivity contribution >= 4 is 23.0 Å². The van der Waals surface area contributed by atoms with Gasteiger partial charge in [-0.15, -0.1) is 0 Å². The van der Waals surface area contributed by atoms with Crippen LogP contribution in [-0.2, 0) is 6.54 Å². The van der Waals surface area contributed by atoms with E-state index in [2.05, 4.69) is 39.4 Å². The molecule has 0 aromatic heterocycles. The number of para-hydroxylation sites is 2. The first-order valence-electron chi connectivity index (χ1n) is 9.33. The zero-order valence-corrected chi connectivity index (χ0v) is 16.8. The fourth-order valence-corrected chi connectivity index (χ4v) is 3.43. The molecule has 0 saturated carbocycles. The monoisotopic (exact) mass is 385 g/mol. The van der Waals surface area contributed by atoms with E-state index in [0.717, 1.165) is 55.0 Å². The standard InChI is InChI=1S/C21H27N3O2S/c1-3-26-20-7-5-4-6-19(20)23-12-14-24(15-13-23)21(27)22-16-17-8-10-18(25-2)11-9-17/h4-11H,3,12-16H2,1-2H3,(H,22,27). The molecular weight excluding hydrogens is 358 g/mol. The summed E-state index contributed by atoms with van der Waals surface area (Å²) >= 11 is 5.59. The van der Waals surface area contributed by atoms with Gasteiger partial charge in [-0.1, -0.05) is 24.3 Å². The van der Waals surface area contributed by atoms with Crippen LogP contribution in [0.3, 0.4) is 0 Å². The molecule has 0 amide bonds. The van der Waals surface area contributed by atoms with E-state index in [1.807, 2.05) is 31.2 Å². The van der Waals surface area contributed by atoms with Crippen LogP contribution in [0.2, 0.25) is 0 Å². The first-order valence-corrected chi connectivity index (χ1v) is 9.74. The minimum absolute atomic E-state index is 0.677. The predicted molar refractivity (Wildman–Crippen MR) is 114 cm³/mol. The van der Waals surface area contributed by atoms with Gasteiger partial charge in [0.05, 0.1) is 19.4 Å². The second-order valence-corrected chi connectivity index (χ2v) is 6.77. The number of nitrogens with zero attached hydrogens (tertiary/aromatic N) is 2. The van der Waals surface area contributed by atoms with E-state index in [0.29, 0.717) is 6.61 Å². The average molecular weight is 386 g/mol. The summed E-state index contributed by atoms with van der Waals surface area (Å²) in [5.74, 6) is 1.82. The predicted octanol–water partition coefficient (Wildman–Crippen LogP) is 3.29. The number of hydrogen-bond donors (Lipinski definition) is 1. The van der Waals surface area contributed by atoms with Crippen molar-refractivity contribution in [2.75, 3.05) is 44.8 Å². The molecule has 27 heavy (non-hydrogen) atoms. The Hall–Kier alpha value is -2.47. The molecule has 0 atom stereocenters. The van der Waals surface area contributed by atoms with Crippen molar-refractivity contribution in [3.05, 3.63) is 54.1 Å². The van der Waals surface area contributed by atoms with Crippen LogP contribution in [0.1, 0.15) is 12.5 Å². The Morgan fingerprint density at radius 3 is 2.41 bits per heavy atom. The first kappa shape index (κ1) is 19.3. The highest BCUT2D eigenvalue weighted by Gasteiger charge is 2.21. The number of benzene rings is 2. The molecule has 3 rings (SSSR count). The van der Waals surface area contributed by atoms with Crippen molar-refractivity contribution in [3.8, 4) is 11.5 Å². The number of piperazine rings is 1. The van der Waals surface area contributed by atoms with Crippen molar-refractivity contribution < 1.29 is 9.47 Å². The Morgan fingerprint density at radius 1 is 1.04 bits per heavy atom. The highest BCUT2D eigenvalue weighted by Crippen LogP contribution is 2.28. The normalized spacial score (nSPS) is 14.0. The van der Waals surface area contributed by atoms with E-state index < -0.39 is 0 Å². The summed E-state index contributed by atoms with van der Waals surface area (Å²) < 4.78 is 11.0. The van der Waals surface area contributed by atoms with E-state index in [-0.39, 0.29) is 0 Å². The van der Waals surface area contributed by atoms with Gasteiger partial charge in [0.25, 0.3) is 0 Å². The number of rotatable bonds is 6. The molecule has 1 heterocycles. The van der Waals surface area contributed by atoms with Crippen LogP contribution >= 0.6 is 12.2 Å². The molecule has 1 aliphatic rings. The third-order valence-corrected chi connectivity index (χ3v) is 5.08. The quantitative estimate of drug-likeness (QED) is 0.769. The lowest BCUT2D eigenvalue weighted by Crippen LogP contribution is -2.51. The van der Waals surface area contributed by atoms with Gasteiger partial charge in [0.1, 0.15) is 11.5 Å². The van der Waals surface area contributed by atoms with Gasteiger partial charge >= 0.3 is 0 Å². The lowest BCUT2D eigenvalue weighted by Gasteiger charge is -2.38. The third kappa shape index (κ3) is 5.04. The molecule has 1 aliphatic heterocycles. The van der Waals surface area contributed by atoms with Gasteiger partial charge in [0.2, 0.25) is 0 Å². The van der Waals surface area contributed by atoms with Crippen LogP contribution in [0.15, 0.2) is 48.5 Å². The topological polar surface area (TPSA) is 37.0 Å². The maximum Gasteiger partial charge on any atom is 0.169 e. The summed E-state index contributed by atoms with van der Waals surface area (Å²) in [7, 11) is 1.68. The van der Waals surface area contributed by atoms with Crippen molar-refractivity contribution in [1.29, 1.82) is 0 Å². The summed E-state index contributed by atoms with van der Waals surface area (Å²) in [6.07, 6.45) is 0. The van der Waals surface area contributed by atoms with Gasteiger partial charge < -0.3 is 24.6 Å². The molecule has 0 bridgehead atoms. The fourth-order valence-electron chi connectivity index (χ4n) is 3.18. The highest BCUT2D eigenvalue weighted by molar-refractivity contribution is 7.80. The molecule has 5 nitrogen and oxygen atoms in total. The van der Waals surface area contributed by atoms with Crippen LogP contribution in [0.4, 0.5) is 5.69 Å². The van der Waals surface area contributed by atoms with E-state index in [1.165, 1.54) is 5.56 Å². The molecule has 1 N–H and O–H groups in total. The van der Waals surface area contributed by atoms with E-state index in [4.69, 9.17) is 21.7 Å². The molecular formula is C21H27N3O2S. The molecule has 0 unspecified atom stereocenters. The van der Waals surface area contributed by atoms with Crippen molar-refractivity contribution in [3.63, 3.8) is 0 Å². The van der Waals surface area contributed by atoms with Gasteiger partial charge in [-0.05, 0) is 49.0 Å². The largest absolute Gasteiger partial charge is 0.497 e. The van der Waals surface area contributed by atoms with Gasteiger partial charge in [0.15, 0.2) is 5.11 Å². The van der Waals surface area contributed by atoms with Gasteiger partial charge in [0, 0.05) is 32.7 Å². The molecule has 0 aliphatic carbocycles. The summed E-state index contributed by atoms with van der Waals surface area (Å²) in [5, 5.41) is 4.17. The van der Waals surface area contributed by atoms with E-state index in [1.54, 1.807) is 7.11 Å². The zero-order valence-electron chi connectivity index (χ0n) is 16.0. The number of ether oxygens (including phenoxy) is 2. The van der Waals surface area contributed by atoms with Crippen LogP contribution in [0, 0.1) is 0 Å². The summed E-state index contributed by atoms with van der Waals surface area (Å²) in [6, 6.07) is 16.3. The summed E-state index contributed by atoms with van der Waals surface area (Å²) in [6.45, 7) is 7.06. The second-order valence-electron chi connectivity index (χ2n) is 6.38. The molecule has 144 valence electrons. The molecule has 1 fully saturated rings. The Balaban J connectivity index is 1.50. The van der Waals surface area contributed by atoms with Gasteiger partial charge in [-0.3, -0.25) is 0 Å². The van der Waals surface area contributed by atoms with Crippen LogP contribution in [0.25, 0.3) is 0 Å². The zero-order chi connectivity index (χ0) is 19.1. The van der Waals surface area contributed by atoms with Gasteiger partial charge in [-0.25, -0.2) is 0 Å². The number of anilines is 1. The Bertz CT molecular complexity index is 743. The highest BCUT2D eigenvalue weighted by atomic mass is 32.1. The minimum atomic E-state index is 0.677. The summed E-state index contributed by atoms with van der Waals surface area (Å²) in [5.41, 5.74) is 2.35. The molecule has 6 heteroatoms. The number of hydrogen-bond acceptors (Lipinski definition) is 4. The van der Waals surface area contributed by atoms with Crippen molar-refractivity contribution in [2.45, 2.75) is 13.5 Å². The lowest BCUT2D eigenvalue weighted by molar-refractivity contribution is 0.336. The third-order valence-electron chi connectivity index (χ3n) is 4.68. The first-order chi connectivity index (χ1) is 13.2. The molecule has 0 radical (unpaired) electrons. The number of nitrogens with one attached hydrogen (secondary N) is 1. The van der Waals surface area contributed by atoms with Crippen LogP contribution in [-0.4, -0.2) is 49.9 Å². The Labute approximate surface area is 166 Å². The smallest absolute Gasteiger partial charge is 0.169 e. The number of thiocarbonyl (C=S) groups is 1. The average Bonchev–Trinajstić information content (AvgIpc) is 2.73. The Kier molecular flexibility index (Phi) is 6.76. The SMILES string of the molecule is CCOc1ccccc1N1CCN(C(=S)NCc2ccc(OC)cc2)CC1. The van der Waals surface area contributed by atoms with E-state index in [9.17, 15) is 0 Å². The fraction of sp³-hybridized carbons (Fsp3) is 0.381. The Morgan fingerprint density at radius 2 is 1.74 bits per heavy atom. The van der Waals surface area contributed by atoms with Crippen LogP contribution < -0.4 is 19.7 Å². The van der Waals surface area contributed by atoms with Crippen molar-refractivity contribution in [2.24, 2.45) is 0 Å². The van der Waals surface area contributed by atoms with Crippen LogP contribution in [0.5, 0.6) is 11.5 Å². The van der Waals surface area contributed by atoms with E-state index >= 15 is 0 Å².